The summed E-state index contributed by atoms with van der Waals surface area (Å²) in [6.07, 6.45) is 4.44. The van der Waals surface area contributed by atoms with Gasteiger partial charge in [-0.3, -0.25) is 0 Å². The van der Waals surface area contributed by atoms with E-state index in [0.717, 1.165) is 25.9 Å². The molecule has 1 aliphatic heterocycles. The van der Waals surface area contributed by atoms with Crippen molar-refractivity contribution in [3.05, 3.63) is 12.2 Å². The van der Waals surface area contributed by atoms with Crippen LogP contribution in [-0.4, -0.2) is 43.8 Å². The van der Waals surface area contributed by atoms with E-state index in [1.165, 1.54) is 19.3 Å². The van der Waals surface area contributed by atoms with Crippen LogP contribution in [0.25, 0.3) is 0 Å². The molecular formula is C10H15NO4. The molecule has 84 valence electrons. The van der Waals surface area contributed by atoms with E-state index < -0.39 is 5.97 Å². The number of hydrogen-bond donors (Lipinski definition) is 0. The number of likely N-dealkylation sites (tertiary alicyclic amines) is 1. The van der Waals surface area contributed by atoms with Crippen LogP contribution >= 0.6 is 0 Å². The summed E-state index contributed by atoms with van der Waals surface area (Å²) in [7, 11) is 1.29. The Morgan fingerprint density at radius 2 is 2.00 bits per heavy atom. The molecule has 0 bridgehead atoms. The summed E-state index contributed by atoms with van der Waals surface area (Å²) < 4.78 is 9.29. The van der Waals surface area contributed by atoms with Gasteiger partial charge in [0.05, 0.1) is 7.11 Å². The molecule has 0 N–H and O–H groups in total. The summed E-state index contributed by atoms with van der Waals surface area (Å²) in [6.45, 7) is 1.63. The molecule has 1 amide bonds. The summed E-state index contributed by atoms with van der Waals surface area (Å²) in [6, 6.07) is 0. The van der Waals surface area contributed by atoms with E-state index in [4.69, 9.17) is 4.74 Å². The van der Waals surface area contributed by atoms with Gasteiger partial charge in [0.25, 0.3) is 0 Å². The molecule has 0 atom stereocenters. The first-order valence-corrected chi connectivity index (χ1v) is 4.90. The molecule has 5 heteroatoms. The van der Waals surface area contributed by atoms with Crippen molar-refractivity contribution in [3.63, 3.8) is 0 Å². The van der Waals surface area contributed by atoms with Crippen LogP contribution in [0.15, 0.2) is 12.2 Å². The van der Waals surface area contributed by atoms with E-state index >= 15 is 0 Å². The van der Waals surface area contributed by atoms with Gasteiger partial charge in [-0.25, -0.2) is 9.59 Å². The summed E-state index contributed by atoms with van der Waals surface area (Å²) in [5.74, 6) is -0.452. The largest absolute Gasteiger partial charge is 0.466 e. The summed E-state index contributed by atoms with van der Waals surface area (Å²) in [5, 5.41) is 0. The van der Waals surface area contributed by atoms with E-state index in [2.05, 4.69) is 4.74 Å². The van der Waals surface area contributed by atoms with Gasteiger partial charge in [-0.05, 0) is 18.9 Å². The number of nitrogens with zero attached hydrogens (tertiary/aromatic N) is 1. The summed E-state index contributed by atoms with van der Waals surface area (Å²) in [5.41, 5.74) is 0. The van der Waals surface area contributed by atoms with Crippen LogP contribution < -0.4 is 0 Å². The highest BCUT2D eigenvalue weighted by Gasteiger charge is 2.18. The first-order valence-electron chi connectivity index (χ1n) is 4.90. The van der Waals surface area contributed by atoms with Gasteiger partial charge in [0.15, 0.2) is 0 Å². The number of ether oxygens (including phenoxy) is 2. The van der Waals surface area contributed by atoms with Crippen molar-refractivity contribution >= 4 is 12.1 Å². The third kappa shape index (κ3) is 4.01. The minimum absolute atomic E-state index is 0.102. The average molecular weight is 213 g/mol. The quantitative estimate of drug-likeness (QED) is 0.517. The standard InChI is InChI=1S/C10H15NO4/c1-14-9(12)5-4-8-15-10(13)11-6-2-3-7-11/h4-5H,2-3,6-8H2,1H3/b5-4+. The second kappa shape index (κ2) is 6.06. The van der Waals surface area contributed by atoms with Gasteiger partial charge < -0.3 is 14.4 Å². The van der Waals surface area contributed by atoms with Gasteiger partial charge >= 0.3 is 12.1 Å². The maximum Gasteiger partial charge on any atom is 0.410 e. The van der Waals surface area contributed by atoms with Crippen molar-refractivity contribution in [2.75, 3.05) is 26.8 Å². The minimum atomic E-state index is -0.452. The van der Waals surface area contributed by atoms with Gasteiger partial charge in [0, 0.05) is 19.2 Å². The summed E-state index contributed by atoms with van der Waals surface area (Å²) in [4.78, 5) is 23.6. The van der Waals surface area contributed by atoms with Crippen LogP contribution in [0.3, 0.4) is 0 Å². The zero-order valence-corrected chi connectivity index (χ0v) is 8.77. The third-order valence-electron chi connectivity index (χ3n) is 2.12. The average Bonchev–Trinajstić information content (AvgIpc) is 2.77. The van der Waals surface area contributed by atoms with Gasteiger partial charge in [-0.1, -0.05) is 0 Å². The van der Waals surface area contributed by atoms with Crippen LogP contribution in [0.1, 0.15) is 12.8 Å². The molecule has 0 spiro atoms. The highest BCUT2D eigenvalue weighted by atomic mass is 16.6. The van der Waals surface area contributed by atoms with E-state index in [-0.39, 0.29) is 12.7 Å². The number of esters is 1. The lowest BCUT2D eigenvalue weighted by molar-refractivity contribution is -0.134. The molecule has 0 aromatic heterocycles. The Morgan fingerprint density at radius 1 is 1.33 bits per heavy atom. The minimum Gasteiger partial charge on any atom is -0.466 e. The fraction of sp³-hybridized carbons (Fsp3) is 0.600. The molecule has 1 aliphatic rings. The lowest BCUT2D eigenvalue weighted by Crippen LogP contribution is -2.28. The maximum absolute atomic E-state index is 11.3. The Balaban J connectivity index is 2.16. The summed E-state index contributed by atoms with van der Waals surface area (Å²) >= 11 is 0. The van der Waals surface area contributed by atoms with Crippen LogP contribution in [0.5, 0.6) is 0 Å². The van der Waals surface area contributed by atoms with E-state index in [1.54, 1.807) is 4.90 Å². The molecule has 1 saturated heterocycles. The molecule has 0 aliphatic carbocycles. The highest BCUT2D eigenvalue weighted by Crippen LogP contribution is 2.08. The molecule has 1 rings (SSSR count). The van der Waals surface area contributed by atoms with Gasteiger partial charge in [0.1, 0.15) is 6.61 Å². The highest BCUT2D eigenvalue weighted by molar-refractivity contribution is 5.81. The van der Waals surface area contributed by atoms with Gasteiger partial charge in [0.2, 0.25) is 0 Å². The smallest absolute Gasteiger partial charge is 0.410 e. The molecule has 0 aromatic rings. The van der Waals surface area contributed by atoms with Crippen molar-refractivity contribution in [3.8, 4) is 0 Å². The number of hydrogen-bond acceptors (Lipinski definition) is 4. The number of methoxy groups -OCH3 is 1. The topological polar surface area (TPSA) is 55.8 Å². The number of carbonyl (C=O) groups is 2. The van der Waals surface area contributed by atoms with Crippen molar-refractivity contribution in [1.82, 2.24) is 4.90 Å². The van der Waals surface area contributed by atoms with Crippen molar-refractivity contribution in [2.24, 2.45) is 0 Å². The number of rotatable bonds is 3. The van der Waals surface area contributed by atoms with Gasteiger partial charge in [-0.15, -0.1) is 0 Å². The predicted molar refractivity (Wildman–Crippen MR) is 53.3 cm³/mol. The van der Waals surface area contributed by atoms with Crippen LogP contribution in [0.4, 0.5) is 4.79 Å². The molecule has 5 nitrogen and oxygen atoms in total. The Labute approximate surface area is 88.6 Å². The Morgan fingerprint density at radius 3 is 2.60 bits per heavy atom. The lowest BCUT2D eigenvalue weighted by atomic mass is 10.4. The molecule has 1 fully saturated rings. The molecule has 15 heavy (non-hydrogen) atoms. The van der Waals surface area contributed by atoms with Gasteiger partial charge in [-0.2, -0.15) is 0 Å². The van der Waals surface area contributed by atoms with Crippen LogP contribution in [-0.2, 0) is 14.3 Å². The molecule has 0 saturated carbocycles. The molecule has 0 radical (unpaired) electrons. The maximum atomic E-state index is 11.3. The van der Waals surface area contributed by atoms with Crippen molar-refractivity contribution in [2.45, 2.75) is 12.8 Å². The second-order valence-electron chi connectivity index (χ2n) is 3.20. The molecular weight excluding hydrogens is 198 g/mol. The molecule has 0 aromatic carbocycles. The monoisotopic (exact) mass is 213 g/mol. The van der Waals surface area contributed by atoms with E-state index in [9.17, 15) is 9.59 Å². The number of carbonyl (C=O) groups excluding carboxylic acids is 2. The fourth-order valence-electron chi connectivity index (χ4n) is 1.32. The third-order valence-corrected chi connectivity index (χ3v) is 2.12. The Bertz CT molecular complexity index is 256. The van der Waals surface area contributed by atoms with Crippen LogP contribution in [0, 0.1) is 0 Å². The normalized spacial score (nSPS) is 15.7. The first-order chi connectivity index (χ1) is 7.24. The van der Waals surface area contributed by atoms with Crippen molar-refractivity contribution in [1.29, 1.82) is 0 Å². The van der Waals surface area contributed by atoms with Crippen LogP contribution in [0.2, 0.25) is 0 Å². The van der Waals surface area contributed by atoms with E-state index in [0.29, 0.717) is 0 Å². The fourth-order valence-corrected chi connectivity index (χ4v) is 1.32. The van der Waals surface area contributed by atoms with E-state index in [1.807, 2.05) is 0 Å². The molecule has 0 unspecified atom stereocenters. The zero-order valence-electron chi connectivity index (χ0n) is 8.77. The first kappa shape index (κ1) is 11.6. The van der Waals surface area contributed by atoms with Crippen molar-refractivity contribution < 1.29 is 19.1 Å². The predicted octanol–water partition coefficient (Wildman–Crippen LogP) is 0.948. The molecule has 1 heterocycles. The second-order valence-corrected chi connectivity index (χ2v) is 3.20. The SMILES string of the molecule is COC(=O)/C=C/COC(=O)N1CCCC1. The Kier molecular flexibility index (Phi) is 4.66. The number of amides is 1. The zero-order chi connectivity index (χ0) is 11.1. The lowest BCUT2D eigenvalue weighted by Gasteiger charge is -2.13. The Hall–Kier alpha value is -1.52.